The van der Waals surface area contributed by atoms with Gasteiger partial charge in [-0.25, -0.2) is 0 Å². The quantitative estimate of drug-likeness (QED) is 0.269. The molecule has 2 heterocycles. The normalized spacial score (nSPS) is 15.4. The molecule has 4 aromatic rings. The number of nitrogens with one attached hydrogen (secondary N) is 1. The number of aromatic nitrogens is 1. The third kappa shape index (κ3) is 3.75. The molecule has 0 saturated carbocycles. The van der Waals surface area contributed by atoms with Gasteiger partial charge in [-0.2, -0.15) is 0 Å². The van der Waals surface area contributed by atoms with E-state index in [1.165, 1.54) is 4.90 Å². The van der Waals surface area contributed by atoms with Gasteiger partial charge < -0.3 is 4.57 Å². The summed E-state index contributed by atoms with van der Waals surface area (Å²) in [6, 6.07) is 25.6. The van der Waals surface area contributed by atoms with Crippen molar-refractivity contribution in [1.82, 2.24) is 9.88 Å². The molecule has 0 atom stereocenters. The van der Waals surface area contributed by atoms with Gasteiger partial charge in [-0.05, 0) is 71.4 Å². The summed E-state index contributed by atoms with van der Waals surface area (Å²) in [4.78, 5) is 27.6. The molecule has 1 aliphatic rings. The first-order chi connectivity index (χ1) is 16.1. The maximum atomic E-state index is 13.5. The number of hydrogen-bond donors (Lipinski definition) is 1. The molecule has 0 spiro atoms. The van der Waals surface area contributed by atoms with Gasteiger partial charge in [0.25, 0.3) is 11.8 Å². The predicted octanol–water partition coefficient (Wildman–Crippen LogP) is 5.02. The summed E-state index contributed by atoms with van der Waals surface area (Å²) < 4.78 is 1.96. The Morgan fingerprint density at radius 1 is 0.909 bits per heavy atom. The largest absolute Gasteiger partial charge is 0.317 e. The second-order valence-corrected chi connectivity index (χ2v) is 8.16. The summed E-state index contributed by atoms with van der Waals surface area (Å²) in [6.07, 6.45) is 4.27. The molecule has 1 aliphatic heterocycles. The number of hydrogen-bond acceptors (Lipinski definition) is 3. The Balaban J connectivity index is 1.56. The van der Waals surface area contributed by atoms with Crippen molar-refractivity contribution in [1.29, 1.82) is 0 Å². The summed E-state index contributed by atoms with van der Waals surface area (Å²) >= 11 is 5.36. The summed E-state index contributed by atoms with van der Waals surface area (Å²) in [5.41, 5.74) is 3.36. The van der Waals surface area contributed by atoms with E-state index in [0.717, 1.165) is 34.1 Å². The molecule has 2 amide bonds. The molecule has 0 aliphatic carbocycles. The molecule has 0 unspecified atom stereocenters. The van der Waals surface area contributed by atoms with Crippen LogP contribution in [-0.2, 0) is 16.0 Å². The first kappa shape index (κ1) is 20.8. The van der Waals surface area contributed by atoms with Crippen LogP contribution in [0.2, 0.25) is 0 Å². The third-order valence-corrected chi connectivity index (χ3v) is 6.08. The Morgan fingerprint density at radius 3 is 2.48 bits per heavy atom. The molecule has 1 fully saturated rings. The van der Waals surface area contributed by atoms with Crippen LogP contribution in [0.4, 0.5) is 5.69 Å². The lowest BCUT2D eigenvalue weighted by atomic mass is 10.1. The second kappa shape index (κ2) is 8.48. The van der Waals surface area contributed by atoms with Gasteiger partial charge in [0.15, 0.2) is 5.11 Å². The Bertz CT molecular complexity index is 1450. The van der Waals surface area contributed by atoms with E-state index in [1.54, 1.807) is 6.08 Å². The van der Waals surface area contributed by atoms with Gasteiger partial charge in [0.1, 0.15) is 5.57 Å². The van der Waals surface area contributed by atoms with Gasteiger partial charge in [-0.1, -0.05) is 55.5 Å². The highest BCUT2D eigenvalue weighted by Crippen LogP contribution is 2.27. The topological polar surface area (TPSA) is 54.3 Å². The van der Waals surface area contributed by atoms with E-state index in [0.29, 0.717) is 5.69 Å². The number of carbonyl (C=O) groups excluding carboxylic acids is 2. The van der Waals surface area contributed by atoms with E-state index in [2.05, 4.69) is 29.6 Å². The van der Waals surface area contributed by atoms with Crippen LogP contribution in [0, 0.1) is 0 Å². The third-order valence-electron chi connectivity index (χ3n) is 5.80. The standard InChI is InChI=1S/C27H21N3O2S/c1-2-18-8-5-6-12-24(18)30-26(32)23(25(31)28-27(30)33)17-21-11-7-15-29(21)22-14-13-19-9-3-4-10-20(19)16-22/h3-17H,2H2,1H3,(H,28,31,33)/b23-17+. The van der Waals surface area contributed by atoms with Crippen LogP contribution in [0.1, 0.15) is 18.2 Å². The number of anilines is 1. The smallest absolute Gasteiger partial charge is 0.270 e. The van der Waals surface area contributed by atoms with Crippen LogP contribution in [0.3, 0.4) is 0 Å². The fraction of sp³-hybridized carbons (Fsp3) is 0.0741. The van der Waals surface area contributed by atoms with Crippen molar-refractivity contribution >= 4 is 51.7 Å². The first-order valence-electron chi connectivity index (χ1n) is 10.7. The molecular formula is C27H21N3O2S. The van der Waals surface area contributed by atoms with Gasteiger partial charge in [-0.3, -0.25) is 19.8 Å². The minimum Gasteiger partial charge on any atom is -0.317 e. The highest BCUT2D eigenvalue weighted by molar-refractivity contribution is 7.80. The maximum Gasteiger partial charge on any atom is 0.270 e. The van der Waals surface area contributed by atoms with Crippen molar-refractivity contribution in [2.24, 2.45) is 0 Å². The van der Waals surface area contributed by atoms with Crippen LogP contribution in [0.25, 0.3) is 22.5 Å². The molecule has 0 bridgehead atoms. The summed E-state index contributed by atoms with van der Waals surface area (Å²) in [7, 11) is 0. The molecule has 1 saturated heterocycles. The van der Waals surface area contributed by atoms with Gasteiger partial charge >= 0.3 is 0 Å². The Hall–Kier alpha value is -4.03. The SMILES string of the molecule is CCc1ccccc1N1C(=O)/C(=C/c2cccn2-c2ccc3ccccc3c2)C(=O)NC1=S. The van der Waals surface area contributed by atoms with Gasteiger partial charge in [0, 0.05) is 17.6 Å². The van der Waals surface area contributed by atoms with Crippen LogP contribution < -0.4 is 10.2 Å². The van der Waals surface area contributed by atoms with E-state index in [1.807, 2.05) is 72.3 Å². The lowest BCUT2D eigenvalue weighted by Gasteiger charge is -2.30. The van der Waals surface area contributed by atoms with Crippen molar-refractivity contribution in [2.45, 2.75) is 13.3 Å². The fourth-order valence-corrected chi connectivity index (χ4v) is 4.40. The maximum absolute atomic E-state index is 13.5. The zero-order valence-electron chi connectivity index (χ0n) is 18.0. The van der Waals surface area contributed by atoms with E-state index in [9.17, 15) is 9.59 Å². The lowest BCUT2D eigenvalue weighted by Crippen LogP contribution is -2.54. The van der Waals surface area contributed by atoms with E-state index >= 15 is 0 Å². The van der Waals surface area contributed by atoms with Crippen molar-refractivity contribution in [2.75, 3.05) is 4.90 Å². The number of rotatable bonds is 4. The fourth-order valence-electron chi connectivity index (χ4n) is 4.13. The highest BCUT2D eigenvalue weighted by atomic mass is 32.1. The van der Waals surface area contributed by atoms with Gasteiger partial charge in [-0.15, -0.1) is 0 Å². The monoisotopic (exact) mass is 451 g/mol. The Labute approximate surface area is 196 Å². The minimum absolute atomic E-state index is 0.0373. The molecule has 3 aromatic carbocycles. The zero-order valence-corrected chi connectivity index (χ0v) is 18.8. The summed E-state index contributed by atoms with van der Waals surface area (Å²) in [5, 5.41) is 5.03. The number of amides is 2. The molecule has 0 radical (unpaired) electrons. The molecule has 5 rings (SSSR count). The molecule has 6 heteroatoms. The molecule has 1 aromatic heterocycles. The van der Waals surface area contributed by atoms with Crippen LogP contribution >= 0.6 is 12.2 Å². The summed E-state index contributed by atoms with van der Waals surface area (Å²) in [6.45, 7) is 2.02. The van der Waals surface area contributed by atoms with Crippen molar-refractivity contribution in [3.05, 3.63) is 102 Å². The van der Waals surface area contributed by atoms with E-state index in [-0.39, 0.29) is 10.7 Å². The number of nitrogens with zero attached hydrogens (tertiary/aromatic N) is 2. The molecule has 1 N–H and O–H groups in total. The lowest BCUT2D eigenvalue weighted by molar-refractivity contribution is -0.122. The van der Waals surface area contributed by atoms with Crippen LogP contribution in [-0.4, -0.2) is 21.5 Å². The number of para-hydroxylation sites is 1. The number of fused-ring (bicyclic) bond motifs is 1. The summed E-state index contributed by atoms with van der Waals surface area (Å²) in [5.74, 6) is -0.933. The Kier molecular flexibility index (Phi) is 5.36. The van der Waals surface area contributed by atoms with Crippen LogP contribution in [0.5, 0.6) is 0 Å². The first-order valence-corrected chi connectivity index (χ1v) is 11.1. The Morgan fingerprint density at radius 2 is 1.67 bits per heavy atom. The van der Waals surface area contributed by atoms with Crippen molar-refractivity contribution in [3.8, 4) is 5.69 Å². The molecule has 33 heavy (non-hydrogen) atoms. The average Bonchev–Trinajstić information content (AvgIpc) is 3.30. The van der Waals surface area contributed by atoms with Gasteiger partial charge in [0.2, 0.25) is 0 Å². The van der Waals surface area contributed by atoms with E-state index in [4.69, 9.17) is 12.2 Å². The minimum atomic E-state index is -0.499. The number of benzene rings is 3. The van der Waals surface area contributed by atoms with Crippen LogP contribution in [0.15, 0.2) is 90.6 Å². The zero-order chi connectivity index (χ0) is 22.9. The number of thiocarbonyl (C=S) groups is 1. The van der Waals surface area contributed by atoms with Crippen molar-refractivity contribution < 1.29 is 9.59 Å². The van der Waals surface area contributed by atoms with E-state index < -0.39 is 11.8 Å². The highest BCUT2D eigenvalue weighted by Gasteiger charge is 2.35. The molecular weight excluding hydrogens is 430 g/mol. The second-order valence-electron chi connectivity index (χ2n) is 7.77. The molecule has 162 valence electrons. The molecule has 5 nitrogen and oxygen atoms in total. The van der Waals surface area contributed by atoms with Gasteiger partial charge in [0.05, 0.1) is 5.69 Å². The number of carbonyl (C=O) groups is 2. The average molecular weight is 452 g/mol. The number of aryl methyl sites for hydroxylation is 1. The predicted molar refractivity (Wildman–Crippen MR) is 135 cm³/mol. The van der Waals surface area contributed by atoms with Crippen molar-refractivity contribution in [3.63, 3.8) is 0 Å².